The SMILES string of the molecule is CCOC(=O)[C@@H](OC(C)(C)C)c1c(C)cc2nc(-c3ccc4c(c3)c(C3CCCCC3)nn4CCN(C)C)sc2c1-c1ccc(Cl)cc1.CCOC(=O)[C@@H](OC(C)(C)C)c1c(C)cc2nc(-c3ccc4c(c3)c(C3CCN(C5COC5)CC3)nn4CCN(C)C)sc2c1-c1ccc(Cl)cc1.Cc1cc2nc(-c3ccc4c(c3)c(C3CCN(C5COC5)CC3)nn4CCN(C)C)sc2c(-c2ccc(Cl)cc2)c1[C@H](OC(C)(C)C)C(=O)O. The largest absolute Gasteiger partial charge is 0.479 e. The quantitative estimate of drug-likeness (QED) is 0.0397. The number of benzene rings is 9. The summed E-state index contributed by atoms with van der Waals surface area (Å²) in [6, 6.07) is 50.4. The summed E-state index contributed by atoms with van der Waals surface area (Å²) in [5, 5.41) is 34.5. The molecule has 20 rings (SSSR count). The Morgan fingerprint density at radius 1 is 0.400 bits per heavy atom. The molecule has 6 aromatic heterocycles. The molecular formula is C119H143Cl3N14O11S3. The Labute approximate surface area is 908 Å². The van der Waals surface area contributed by atoms with Crippen LogP contribution in [0.1, 0.15) is 220 Å². The van der Waals surface area contributed by atoms with Crippen molar-refractivity contribution in [2.45, 2.75) is 239 Å². The summed E-state index contributed by atoms with van der Waals surface area (Å²) >= 11 is 23.9. The Bertz CT molecular complexity index is 7370. The highest BCUT2D eigenvalue weighted by molar-refractivity contribution is 7.23. The number of likely N-dealkylation sites (N-methyl/N-ethyl adjacent to an activating group) is 3. The number of fused-ring (bicyclic) bond motifs is 6. The maximum Gasteiger partial charge on any atom is 0.339 e. The number of esters is 2. The predicted octanol–water partition coefficient (Wildman–Crippen LogP) is 26.5. The summed E-state index contributed by atoms with van der Waals surface area (Å²) in [7, 11) is 12.6. The third-order valence-electron chi connectivity index (χ3n) is 29.1. The zero-order chi connectivity index (χ0) is 106. The van der Waals surface area contributed by atoms with Gasteiger partial charge in [-0.1, -0.05) is 90.5 Å². The van der Waals surface area contributed by atoms with Crippen LogP contribution in [0.5, 0.6) is 0 Å². The van der Waals surface area contributed by atoms with Crippen LogP contribution in [0.2, 0.25) is 15.1 Å². The number of ether oxygens (including phenoxy) is 7. The van der Waals surface area contributed by atoms with E-state index < -0.39 is 53.0 Å². The van der Waals surface area contributed by atoms with Gasteiger partial charge in [0.2, 0.25) is 0 Å². The number of carbonyl (C=O) groups is 3. The van der Waals surface area contributed by atoms with Gasteiger partial charge in [-0.05, 0) is 346 Å². The Morgan fingerprint density at radius 2 is 0.680 bits per heavy atom. The third kappa shape index (κ3) is 24.8. The van der Waals surface area contributed by atoms with Gasteiger partial charge in [0.25, 0.3) is 0 Å². The van der Waals surface area contributed by atoms with Gasteiger partial charge < -0.3 is 53.0 Å². The van der Waals surface area contributed by atoms with Gasteiger partial charge >= 0.3 is 17.9 Å². The number of aliphatic carboxylic acids is 1. The van der Waals surface area contributed by atoms with E-state index in [0.29, 0.717) is 50.5 Å². The summed E-state index contributed by atoms with van der Waals surface area (Å²) in [5.74, 6) is -0.568. The Morgan fingerprint density at radius 3 is 0.947 bits per heavy atom. The number of carboxylic acids is 1. The number of rotatable bonds is 31. The highest BCUT2D eigenvalue weighted by atomic mass is 35.5. The fraction of sp³-hybridized carbons (Fsp3) is 0.471. The fourth-order valence-electron chi connectivity index (χ4n) is 21.5. The molecule has 15 aromatic rings. The van der Waals surface area contributed by atoms with Crippen LogP contribution in [0.15, 0.2) is 146 Å². The molecule has 0 bridgehead atoms. The van der Waals surface area contributed by atoms with Gasteiger partial charge in [0.15, 0.2) is 18.3 Å². The molecule has 794 valence electrons. The van der Waals surface area contributed by atoms with Crippen LogP contribution in [-0.2, 0) is 67.2 Å². The topological polar surface area (TPSA) is 244 Å². The van der Waals surface area contributed by atoms with E-state index in [-0.39, 0.29) is 13.2 Å². The van der Waals surface area contributed by atoms with Crippen LogP contribution in [-0.4, -0.2) is 248 Å². The van der Waals surface area contributed by atoms with Gasteiger partial charge in [-0.15, -0.1) is 34.0 Å². The number of likely N-dealkylation sites (tertiary alicyclic amines) is 2. The summed E-state index contributed by atoms with van der Waals surface area (Å²) in [5.41, 5.74) is 21.2. The molecule has 1 N–H and O–H groups in total. The first-order chi connectivity index (χ1) is 71.7. The minimum absolute atomic E-state index is 0.260. The van der Waals surface area contributed by atoms with Gasteiger partial charge in [0.05, 0.1) is 152 Å². The maximum atomic E-state index is 13.6. The van der Waals surface area contributed by atoms with Crippen LogP contribution in [0, 0.1) is 20.8 Å². The van der Waals surface area contributed by atoms with Crippen LogP contribution in [0.3, 0.4) is 0 Å². The van der Waals surface area contributed by atoms with Crippen molar-refractivity contribution in [1.82, 2.24) is 68.8 Å². The van der Waals surface area contributed by atoms with Gasteiger partial charge in [-0.25, -0.2) is 29.3 Å². The lowest BCUT2D eigenvalue weighted by Crippen LogP contribution is -2.51. The molecule has 5 aliphatic rings. The molecule has 9 aromatic carbocycles. The van der Waals surface area contributed by atoms with E-state index in [0.717, 1.165) is 252 Å². The van der Waals surface area contributed by atoms with E-state index in [1.165, 1.54) is 70.9 Å². The molecule has 0 radical (unpaired) electrons. The van der Waals surface area contributed by atoms with Crippen LogP contribution in [0.25, 0.3) is 128 Å². The van der Waals surface area contributed by atoms with Crippen LogP contribution >= 0.6 is 68.8 Å². The second-order valence-electron chi connectivity index (χ2n) is 44.5. The number of nitrogens with zero attached hydrogens (tertiary/aromatic N) is 14. The molecule has 3 atom stereocenters. The summed E-state index contributed by atoms with van der Waals surface area (Å²) in [4.78, 5) is 67.4. The molecule has 1 aliphatic carbocycles. The van der Waals surface area contributed by atoms with Crippen molar-refractivity contribution in [2.24, 2.45) is 0 Å². The Balaban J connectivity index is 0.000000147. The summed E-state index contributed by atoms with van der Waals surface area (Å²) in [6.07, 6.45) is 7.55. The zero-order valence-corrected chi connectivity index (χ0v) is 95.0. The van der Waals surface area contributed by atoms with E-state index in [2.05, 4.69) is 148 Å². The summed E-state index contributed by atoms with van der Waals surface area (Å²) in [6.45, 7) is 40.5. The lowest BCUT2D eigenvalue weighted by atomic mass is 9.86. The van der Waals surface area contributed by atoms with Crippen molar-refractivity contribution >= 4 is 150 Å². The van der Waals surface area contributed by atoms with Crippen LogP contribution < -0.4 is 0 Å². The molecule has 0 amide bonds. The van der Waals surface area contributed by atoms with Crippen molar-refractivity contribution < 1.29 is 52.6 Å². The molecule has 31 heteroatoms. The number of carboxylic acid groups (broad SMARTS) is 1. The standard InChI is InChI=1S/C41H50ClN5O4S.C39H46ClN5O4S.C39H47ClN4O3S/c1-8-50-40(48)37(51-41(3,4)5)34-25(2)21-32-38(35(34)26-9-12-29(42)13-10-26)52-39(43-32)28-11-14-33-31(22-28)36(44-47(33)20-19-45(6)7)27-15-17-46(18-16-27)30-23-49-24-30;1-23-19-30-36(33(24-7-10-27(40)11-8-24)32(23)35(38(46)47)49-39(2,3)4)50-37(41-30)26-9-12-31-29(20-26)34(42-45(31)18-17-43(5)6)25-13-15-44(16-14-25)28-21-48-22-28;1-8-46-38(45)35(47-39(3,4)5)32-24(2)22-30-36(33(32)25-14-17-28(40)18-15-25)48-37(41-30)27-16-19-31-29(23-27)34(26-12-10-9-11-13-26)42-44(31)21-20-43(6)7/h9-14,21-22,27,30,37H,8,15-20,23-24H2,1-7H3;7-12,19-20,25,28,35H,13-18,21-22H2,1-6H3,(H,46,47);14-19,22-23,26,35H,8-13,20-21H2,1-7H3/t37-;2*35-/m000/s1. The first-order valence-electron chi connectivity index (χ1n) is 53.0. The first kappa shape index (κ1) is 110. The average molecular weight is 2150 g/mol. The van der Waals surface area contributed by atoms with Gasteiger partial charge in [-0.3, -0.25) is 23.8 Å². The lowest BCUT2D eigenvalue weighted by molar-refractivity contribution is -0.167. The minimum Gasteiger partial charge on any atom is -0.479 e. The third-order valence-corrected chi connectivity index (χ3v) is 33.2. The normalized spacial score (nSPS) is 16.4. The molecule has 4 saturated heterocycles. The lowest BCUT2D eigenvalue weighted by Gasteiger charge is -2.41. The average Bonchev–Trinajstić information content (AvgIpc) is 1.56. The number of aryl methyl sites for hydroxylation is 3. The smallest absolute Gasteiger partial charge is 0.339 e. The van der Waals surface area contributed by atoms with Gasteiger partial charge in [0.1, 0.15) is 15.0 Å². The number of piperidine rings is 2. The molecule has 1 saturated carbocycles. The second-order valence-corrected chi connectivity index (χ2v) is 48.8. The maximum absolute atomic E-state index is 13.6. The fourth-order valence-corrected chi connectivity index (χ4v) is 25.3. The molecule has 10 heterocycles. The number of hydrogen-bond acceptors (Lipinski definition) is 24. The number of halogens is 3. The minimum atomic E-state index is -1.16. The Hall–Kier alpha value is -10.1. The number of hydrogen-bond donors (Lipinski definition) is 1. The van der Waals surface area contributed by atoms with Crippen molar-refractivity contribution in [1.29, 1.82) is 0 Å². The van der Waals surface area contributed by atoms with Crippen molar-refractivity contribution in [3.05, 3.63) is 211 Å². The molecule has 150 heavy (non-hydrogen) atoms. The van der Waals surface area contributed by atoms with E-state index in [9.17, 15) is 19.5 Å². The van der Waals surface area contributed by atoms with Crippen molar-refractivity contribution in [3.8, 4) is 65.1 Å². The van der Waals surface area contributed by atoms with Crippen LogP contribution in [0.4, 0.5) is 0 Å². The first-order valence-corrected chi connectivity index (χ1v) is 56.6. The Kier molecular flexibility index (Phi) is 34.1. The van der Waals surface area contributed by atoms with E-state index in [4.69, 9.17) is 98.2 Å². The predicted molar refractivity (Wildman–Crippen MR) is 610 cm³/mol. The molecule has 0 spiro atoms. The molecular weight excluding hydrogens is 2000 g/mol. The van der Waals surface area contributed by atoms with E-state index in [1.807, 2.05) is 176 Å². The van der Waals surface area contributed by atoms with Crippen molar-refractivity contribution in [3.63, 3.8) is 0 Å². The monoisotopic (exact) mass is 2140 g/mol. The highest BCUT2D eigenvalue weighted by Crippen LogP contribution is 2.52. The molecule has 25 nitrogen and oxygen atoms in total. The number of carbonyl (C=O) groups excluding carboxylic acids is 2. The van der Waals surface area contributed by atoms with Gasteiger partial charge in [0, 0.05) is 119 Å². The van der Waals surface area contributed by atoms with Crippen molar-refractivity contribution in [2.75, 3.05) is 128 Å². The number of aromatic nitrogens is 9. The second kappa shape index (κ2) is 46.7. The summed E-state index contributed by atoms with van der Waals surface area (Å²) < 4.78 is 50.8. The molecule has 0 unspecified atom stereocenters. The zero-order valence-electron chi connectivity index (χ0n) is 90.3. The number of thiazole rings is 3. The highest BCUT2D eigenvalue weighted by Gasteiger charge is 2.41. The van der Waals surface area contributed by atoms with Gasteiger partial charge in [-0.2, -0.15) is 15.3 Å². The van der Waals surface area contributed by atoms with E-state index >= 15 is 0 Å². The van der Waals surface area contributed by atoms with E-state index in [1.54, 1.807) is 34.0 Å². The molecule has 5 fully saturated rings. The molecule has 4 aliphatic heterocycles.